The van der Waals surface area contributed by atoms with Crippen molar-refractivity contribution in [2.24, 2.45) is 0 Å². The summed E-state index contributed by atoms with van der Waals surface area (Å²) >= 11 is 0. The molecule has 0 spiro atoms. The number of aromatic nitrogens is 2. The Morgan fingerprint density at radius 1 is 1.19 bits per heavy atom. The summed E-state index contributed by atoms with van der Waals surface area (Å²) in [7, 11) is 0. The van der Waals surface area contributed by atoms with Gasteiger partial charge >= 0.3 is 0 Å². The lowest BCUT2D eigenvalue weighted by atomic mass is 10.0. The molecule has 0 fully saturated rings. The summed E-state index contributed by atoms with van der Waals surface area (Å²) in [4.78, 5) is 23.8. The first-order valence-electron chi connectivity index (χ1n) is 8.30. The first kappa shape index (κ1) is 17.5. The third-order valence-electron chi connectivity index (χ3n) is 4.26. The number of aromatic amines is 1. The smallest absolute Gasteiger partial charge is 0.279 e. The highest BCUT2D eigenvalue weighted by Crippen LogP contribution is 2.14. The van der Waals surface area contributed by atoms with Crippen molar-refractivity contribution < 1.29 is 9.90 Å². The van der Waals surface area contributed by atoms with Crippen molar-refractivity contribution in [2.75, 3.05) is 0 Å². The molecule has 0 unspecified atom stereocenters. The van der Waals surface area contributed by atoms with Gasteiger partial charge in [-0.3, -0.25) is 9.89 Å². The minimum absolute atomic E-state index is 0.00409. The number of carbonyl (C=O) groups is 1. The van der Waals surface area contributed by atoms with Crippen LogP contribution in [0.15, 0.2) is 53.3 Å². The summed E-state index contributed by atoms with van der Waals surface area (Å²) in [6.45, 7) is 8.14. The zero-order valence-corrected chi connectivity index (χ0v) is 14.7. The molecule has 0 bridgehead atoms. The lowest BCUT2D eigenvalue weighted by Crippen LogP contribution is -2.34. The fourth-order valence-corrected chi connectivity index (χ4v) is 2.74. The van der Waals surface area contributed by atoms with Gasteiger partial charge in [0.05, 0.1) is 22.2 Å². The van der Waals surface area contributed by atoms with Crippen LogP contribution < -0.4 is 21.2 Å². The Morgan fingerprint density at radius 2 is 1.88 bits per heavy atom. The summed E-state index contributed by atoms with van der Waals surface area (Å²) < 4.78 is 1.28. The Labute approximate surface area is 150 Å². The van der Waals surface area contributed by atoms with Gasteiger partial charge < -0.3 is 9.90 Å². The molecule has 1 heterocycles. The van der Waals surface area contributed by atoms with Crippen molar-refractivity contribution in [3.05, 3.63) is 86.1 Å². The maximum Gasteiger partial charge on any atom is 0.279 e. The van der Waals surface area contributed by atoms with Gasteiger partial charge in [0.25, 0.3) is 5.56 Å². The molecule has 5 heteroatoms. The highest BCUT2D eigenvalue weighted by Gasteiger charge is 2.06. The normalized spacial score (nSPS) is 11.9. The van der Waals surface area contributed by atoms with Crippen LogP contribution in [0.4, 0.5) is 0 Å². The van der Waals surface area contributed by atoms with E-state index in [0.29, 0.717) is 22.2 Å². The molecule has 0 aliphatic rings. The van der Waals surface area contributed by atoms with E-state index in [-0.39, 0.29) is 11.1 Å². The number of hydrogen-bond donors (Lipinski definition) is 1. The second-order valence-electron chi connectivity index (χ2n) is 6.45. The van der Waals surface area contributed by atoms with Crippen LogP contribution in [-0.4, -0.2) is 15.7 Å². The van der Waals surface area contributed by atoms with Crippen molar-refractivity contribution in [1.29, 1.82) is 0 Å². The fourth-order valence-electron chi connectivity index (χ4n) is 2.74. The van der Waals surface area contributed by atoms with E-state index < -0.39 is 5.97 Å². The van der Waals surface area contributed by atoms with Crippen molar-refractivity contribution in [3.63, 3.8) is 0 Å². The summed E-state index contributed by atoms with van der Waals surface area (Å²) in [5.74, 6) is -0.855. The molecule has 0 amide bonds. The van der Waals surface area contributed by atoms with Gasteiger partial charge in [-0.15, -0.1) is 0 Å². The Hall–Kier alpha value is -3.34. The van der Waals surface area contributed by atoms with E-state index >= 15 is 0 Å². The van der Waals surface area contributed by atoms with Gasteiger partial charge in [0, 0.05) is 0 Å². The molecule has 132 valence electrons. The molecule has 0 aliphatic carbocycles. The summed E-state index contributed by atoms with van der Waals surface area (Å²) in [5, 5.41) is 14.8. The summed E-state index contributed by atoms with van der Waals surface area (Å²) in [6.07, 6.45) is 1.77. The van der Waals surface area contributed by atoms with Crippen molar-refractivity contribution in [3.8, 4) is 5.69 Å². The molecular formula is C21H19N2O3-. The second-order valence-corrected chi connectivity index (χ2v) is 6.45. The van der Waals surface area contributed by atoms with Crippen molar-refractivity contribution in [1.82, 2.24) is 9.78 Å². The summed E-state index contributed by atoms with van der Waals surface area (Å²) in [6, 6.07) is 14.0. The lowest BCUT2D eigenvalue weighted by Gasteiger charge is -2.05. The number of carboxylic acids is 1. The van der Waals surface area contributed by atoms with Gasteiger partial charge in [-0.2, -0.15) is 0 Å². The van der Waals surface area contributed by atoms with Gasteiger partial charge in [0.15, 0.2) is 0 Å². The molecular weight excluding hydrogens is 328 g/mol. The van der Waals surface area contributed by atoms with Gasteiger partial charge in [-0.1, -0.05) is 56.8 Å². The van der Waals surface area contributed by atoms with Crippen LogP contribution in [0.2, 0.25) is 0 Å². The van der Waals surface area contributed by atoms with Crippen molar-refractivity contribution in [2.45, 2.75) is 19.8 Å². The molecule has 3 rings (SSSR count). The Bertz CT molecular complexity index is 1120. The SMILES string of the molecule is C=c1[nH]n(-c2cccc(C(=O)[O-])c2)c(=O)/c1=C/c1ccc(C(C)C)cc1. The molecule has 0 saturated carbocycles. The fraction of sp³-hybridized carbons (Fsp3) is 0.143. The summed E-state index contributed by atoms with van der Waals surface area (Å²) in [5.41, 5.74) is 2.24. The number of nitrogens with zero attached hydrogens (tertiary/aromatic N) is 1. The molecule has 2 aromatic carbocycles. The molecule has 26 heavy (non-hydrogen) atoms. The van der Waals surface area contributed by atoms with Gasteiger partial charge in [-0.25, -0.2) is 4.68 Å². The second kappa shape index (κ2) is 6.88. The number of rotatable bonds is 4. The molecule has 3 aromatic rings. The minimum atomic E-state index is -1.29. The third-order valence-corrected chi connectivity index (χ3v) is 4.26. The number of H-pyrrole nitrogens is 1. The van der Waals surface area contributed by atoms with E-state index in [1.54, 1.807) is 18.2 Å². The average molecular weight is 347 g/mol. The van der Waals surface area contributed by atoms with Crippen LogP contribution in [0, 0.1) is 0 Å². The number of carbonyl (C=O) groups excluding carboxylic acids is 1. The van der Waals surface area contributed by atoms with E-state index in [4.69, 9.17) is 0 Å². The predicted molar refractivity (Wildman–Crippen MR) is 99.6 cm³/mol. The monoisotopic (exact) mass is 347 g/mol. The largest absolute Gasteiger partial charge is 0.545 e. The maximum atomic E-state index is 12.7. The van der Waals surface area contributed by atoms with E-state index in [1.165, 1.54) is 22.4 Å². The average Bonchev–Trinajstić information content (AvgIpc) is 2.90. The highest BCUT2D eigenvalue weighted by atomic mass is 16.4. The Kier molecular flexibility index (Phi) is 4.63. The lowest BCUT2D eigenvalue weighted by molar-refractivity contribution is -0.255. The number of carboxylic acid groups (broad SMARTS) is 1. The predicted octanol–water partition coefficient (Wildman–Crippen LogP) is 0.892. The number of nitrogens with one attached hydrogen (secondary N) is 1. The number of benzene rings is 2. The Balaban J connectivity index is 2.09. The van der Waals surface area contributed by atoms with E-state index in [9.17, 15) is 14.7 Å². The zero-order valence-electron chi connectivity index (χ0n) is 14.7. The molecule has 1 aromatic heterocycles. The van der Waals surface area contributed by atoms with Crippen LogP contribution >= 0.6 is 0 Å². The van der Waals surface area contributed by atoms with E-state index in [1.807, 2.05) is 24.3 Å². The van der Waals surface area contributed by atoms with Crippen LogP contribution in [0.1, 0.15) is 41.3 Å². The molecule has 0 atom stereocenters. The number of hydrogen-bond acceptors (Lipinski definition) is 3. The first-order chi connectivity index (χ1) is 12.4. The first-order valence-corrected chi connectivity index (χ1v) is 8.30. The third kappa shape index (κ3) is 3.37. The van der Waals surface area contributed by atoms with Crippen LogP contribution in [0.5, 0.6) is 0 Å². The molecule has 0 aliphatic heterocycles. The standard InChI is InChI=1S/C21H20N2O3/c1-13(2)16-9-7-15(8-10-16)11-19-14(3)22-23(20(19)24)18-6-4-5-17(12-18)21(25)26/h4-13,22H,3H2,1-2H3,(H,25,26)/p-1/b19-11+. The number of aromatic carboxylic acids is 1. The molecule has 0 saturated heterocycles. The van der Waals surface area contributed by atoms with Gasteiger partial charge in [0.1, 0.15) is 0 Å². The quantitative estimate of drug-likeness (QED) is 0.761. The minimum Gasteiger partial charge on any atom is -0.545 e. The van der Waals surface area contributed by atoms with Crippen LogP contribution in [0.3, 0.4) is 0 Å². The maximum absolute atomic E-state index is 12.7. The molecule has 1 N–H and O–H groups in total. The molecule has 5 nitrogen and oxygen atoms in total. The zero-order chi connectivity index (χ0) is 18.8. The topological polar surface area (TPSA) is 77.9 Å². The van der Waals surface area contributed by atoms with Crippen LogP contribution in [0.25, 0.3) is 18.3 Å². The van der Waals surface area contributed by atoms with Gasteiger partial charge in [0.2, 0.25) is 0 Å². The van der Waals surface area contributed by atoms with Gasteiger partial charge in [-0.05, 0) is 40.8 Å². The Morgan fingerprint density at radius 3 is 2.50 bits per heavy atom. The molecule has 0 radical (unpaired) electrons. The van der Waals surface area contributed by atoms with Crippen molar-refractivity contribution >= 4 is 18.6 Å². The highest BCUT2D eigenvalue weighted by molar-refractivity contribution is 5.86. The van der Waals surface area contributed by atoms with E-state index in [0.717, 1.165) is 5.56 Å². The van der Waals surface area contributed by atoms with E-state index in [2.05, 4.69) is 25.5 Å². The van der Waals surface area contributed by atoms with Crippen LogP contribution in [-0.2, 0) is 0 Å².